The summed E-state index contributed by atoms with van der Waals surface area (Å²) in [6, 6.07) is 0.271. The SMILES string of the molecule is C=CC1CC(NC(=O)OC(C)(C)C)C1. The number of carbonyl (C=O) groups excluding carboxylic acids is 1. The molecule has 1 fully saturated rings. The first kappa shape index (κ1) is 11.1. The normalized spacial score (nSPS) is 26.2. The summed E-state index contributed by atoms with van der Waals surface area (Å²) >= 11 is 0. The molecule has 0 saturated heterocycles. The Morgan fingerprint density at radius 1 is 1.50 bits per heavy atom. The lowest BCUT2D eigenvalue weighted by Gasteiger charge is -2.34. The molecule has 0 unspecified atom stereocenters. The maximum Gasteiger partial charge on any atom is 0.407 e. The predicted octanol–water partition coefficient (Wildman–Crippen LogP) is 2.48. The fourth-order valence-electron chi connectivity index (χ4n) is 1.45. The van der Waals surface area contributed by atoms with Crippen molar-refractivity contribution in [3.05, 3.63) is 12.7 Å². The third-order valence-corrected chi connectivity index (χ3v) is 2.23. The van der Waals surface area contributed by atoms with Gasteiger partial charge in [0.2, 0.25) is 0 Å². The first-order chi connectivity index (χ1) is 6.40. The summed E-state index contributed by atoms with van der Waals surface area (Å²) in [4.78, 5) is 11.3. The van der Waals surface area contributed by atoms with Gasteiger partial charge in [0.15, 0.2) is 0 Å². The minimum absolute atomic E-state index is 0.271. The van der Waals surface area contributed by atoms with Gasteiger partial charge in [-0.1, -0.05) is 6.08 Å². The minimum atomic E-state index is -0.411. The summed E-state index contributed by atoms with van der Waals surface area (Å²) in [7, 11) is 0. The van der Waals surface area contributed by atoms with Gasteiger partial charge in [0.25, 0.3) is 0 Å². The molecule has 1 N–H and O–H groups in total. The topological polar surface area (TPSA) is 38.3 Å². The van der Waals surface area contributed by atoms with E-state index in [1.165, 1.54) is 0 Å². The Kier molecular flexibility index (Phi) is 3.19. The summed E-state index contributed by atoms with van der Waals surface area (Å²) in [5.41, 5.74) is -0.411. The van der Waals surface area contributed by atoms with Crippen molar-refractivity contribution in [1.29, 1.82) is 0 Å². The molecule has 3 heteroatoms. The van der Waals surface area contributed by atoms with Crippen LogP contribution in [0.25, 0.3) is 0 Å². The van der Waals surface area contributed by atoms with E-state index in [1.54, 1.807) is 0 Å². The minimum Gasteiger partial charge on any atom is -0.444 e. The molecule has 0 aromatic heterocycles. The molecule has 3 nitrogen and oxygen atoms in total. The molecule has 0 bridgehead atoms. The first-order valence-electron chi connectivity index (χ1n) is 5.03. The smallest absolute Gasteiger partial charge is 0.407 e. The molecule has 0 heterocycles. The number of hydrogen-bond acceptors (Lipinski definition) is 2. The van der Waals surface area contributed by atoms with Crippen molar-refractivity contribution in [2.75, 3.05) is 0 Å². The molecule has 1 saturated carbocycles. The van der Waals surface area contributed by atoms with E-state index in [-0.39, 0.29) is 12.1 Å². The molecule has 0 spiro atoms. The second-order valence-corrected chi connectivity index (χ2v) is 4.81. The maximum atomic E-state index is 11.3. The second kappa shape index (κ2) is 4.03. The molecule has 0 atom stereocenters. The van der Waals surface area contributed by atoms with Crippen molar-refractivity contribution in [1.82, 2.24) is 5.32 Å². The van der Waals surface area contributed by atoms with Gasteiger partial charge in [0.1, 0.15) is 5.60 Å². The highest BCUT2D eigenvalue weighted by atomic mass is 16.6. The van der Waals surface area contributed by atoms with Gasteiger partial charge in [-0.05, 0) is 39.5 Å². The first-order valence-corrected chi connectivity index (χ1v) is 5.03. The van der Waals surface area contributed by atoms with Crippen molar-refractivity contribution in [2.24, 2.45) is 5.92 Å². The van der Waals surface area contributed by atoms with Gasteiger partial charge in [0, 0.05) is 6.04 Å². The van der Waals surface area contributed by atoms with Gasteiger partial charge >= 0.3 is 6.09 Å². The van der Waals surface area contributed by atoms with E-state index in [9.17, 15) is 4.79 Å². The number of hydrogen-bond donors (Lipinski definition) is 1. The number of alkyl carbamates (subject to hydrolysis) is 1. The Balaban J connectivity index is 2.20. The van der Waals surface area contributed by atoms with E-state index in [0.29, 0.717) is 5.92 Å². The van der Waals surface area contributed by atoms with Gasteiger partial charge in [-0.3, -0.25) is 0 Å². The fraction of sp³-hybridized carbons (Fsp3) is 0.727. The standard InChI is InChI=1S/C11H19NO2/c1-5-8-6-9(7-8)12-10(13)14-11(2,3)4/h5,8-9H,1,6-7H2,2-4H3,(H,12,13). The number of allylic oxidation sites excluding steroid dienone is 1. The van der Waals surface area contributed by atoms with Crippen LogP contribution in [-0.2, 0) is 4.74 Å². The van der Waals surface area contributed by atoms with E-state index in [4.69, 9.17) is 4.74 Å². The number of carbonyl (C=O) groups is 1. The summed E-state index contributed by atoms with van der Waals surface area (Å²) in [5, 5.41) is 2.83. The van der Waals surface area contributed by atoms with Crippen LogP contribution in [0.1, 0.15) is 33.6 Å². The average molecular weight is 197 g/mol. The molecule has 0 aromatic carbocycles. The Morgan fingerprint density at radius 2 is 2.07 bits per heavy atom. The van der Waals surface area contributed by atoms with E-state index in [0.717, 1.165) is 12.8 Å². The zero-order chi connectivity index (χ0) is 10.8. The van der Waals surface area contributed by atoms with Crippen LogP contribution >= 0.6 is 0 Å². The molecule has 0 radical (unpaired) electrons. The van der Waals surface area contributed by atoms with Crippen LogP contribution in [0.15, 0.2) is 12.7 Å². The van der Waals surface area contributed by atoms with Gasteiger partial charge in [-0.25, -0.2) is 4.79 Å². The maximum absolute atomic E-state index is 11.3. The summed E-state index contributed by atoms with van der Waals surface area (Å²) in [6.07, 6.45) is 3.60. The van der Waals surface area contributed by atoms with E-state index in [2.05, 4.69) is 11.9 Å². The highest BCUT2D eigenvalue weighted by molar-refractivity contribution is 5.68. The summed E-state index contributed by atoms with van der Waals surface area (Å²) < 4.78 is 5.14. The number of rotatable bonds is 2. The van der Waals surface area contributed by atoms with E-state index < -0.39 is 5.60 Å². The molecule has 80 valence electrons. The van der Waals surface area contributed by atoms with E-state index in [1.807, 2.05) is 26.8 Å². The summed E-state index contributed by atoms with van der Waals surface area (Å²) in [5.74, 6) is 0.565. The van der Waals surface area contributed by atoms with Crippen LogP contribution in [0.3, 0.4) is 0 Å². The lowest BCUT2D eigenvalue weighted by Crippen LogP contribution is -2.45. The molecular weight excluding hydrogens is 178 g/mol. The van der Waals surface area contributed by atoms with Gasteiger partial charge in [-0.2, -0.15) is 0 Å². The number of ether oxygens (including phenoxy) is 1. The predicted molar refractivity (Wildman–Crippen MR) is 56.1 cm³/mol. The molecule has 1 rings (SSSR count). The molecule has 0 aliphatic heterocycles. The highest BCUT2D eigenvalue weighted by Gasteiger charge is 2.29. The Morgan fingerprint density at radius 3 is 2.50 bits per heavy atom. The largest absolute Gasteiger partial charge is 0.444 e. The Hall–Kier alpha value is -0.990. The van der Waals surface area contributed by atoms with Crippen molar-refractivity contribution < 1.29 is 9.53 Å². The van der Waals surface area contributed by atoms with Crippen molar-refractivity contribution in [3.8, 4) is 0 Å². The lowest BCUT2D eigenvalue weighted by atomic mass is 9.80. The highest BCUT2D eigenvalue weighted by Crippen LogP contribution is 2.28. The van der Waals surface area contributed by atoms with Crippen LogP contribution in [0.4, 0.5) is 4.79 Å². The molecule has 1 aliphatic carbocycles. The molecule has 1 amide bonds. The average Bonchev–Trinajstić information content (AvgIpc) is 1.91. The quantitative estimate of drug-likeness (QED) is 0.691. The van der Waals surface area contributed by atoms with Crippen LogP contribution in [0.5, 0.6) is 0 Å². The van der Waals surface area contributed by atoms with Crippen molar-refractivity contribution in [3.63, 3.8) is 0 Å². The zero-order valence-electron chi connectivity index (χ0n) is 9.17. The van der Waals surface area contributed by atoms with Crippen molar-refractivity contribution >= 4 is 6.09 Å². The van der Waals surface area contributed by atoms with Gasteiger partial charge in [0.05, 0.1) is 0 Å². The zero-order valence-corrected chi connectivity index (χ0v) is 9.17. The number of nitrogens with one attached hydrogen (secondary N) is 1. The van der Waals surface area contributed by atoms with Crippen LogP contribution in [-0.4, -0.2) is 17.7 Å². The van der Waals surface area contributed by atoms with Crippen LogP contribution < -0.4 is 5.32 Å². The molecular formula is C11H19NO2. The monoisotopic (exact) mass is 197 g/mol. The third-order valence-electron chi connectivity index (χ3n) is 2.23. The van der Waals surface area contributed by atoms with Gasteiger partial charge in [-0.15, -0.1) is 6.58 Å². The molecule has 0 aromatic rings. The fourth-order valence-corrected chi connectivity index (χ4v) is 1.45. The summed E-state index contributed by atoms with van der Waals surface area (Å²) in [6.45, 7) is 9.29. The Bertz CT molecular complexity index is 224. The third kappa shape index (κ3) is 3.40. The van der Waals surface area contributed by atoms with Gasteiger partial charge < -0.3 is 10.1 Å². The van der Waals surface area contributed by atoms with E-state index >= 15 is 0 Å². The number of amides is 1. The molecule has 14 heavy (non-hydrogen) atoms. The van der Waals surface area contributed by atoms with Crippen LogP contribution in [0, 0.1) is 5.92 Å². The Labute approximate surface area is 85.5 Å². The van der Waals surface area contributed by atoms with Crippen LogP contribution in [0.2, 0.25) is 0 Å². The molecule has 1 aliphatic rings. The second-order valence-electron chi connectivity index (χ2n) is 4.81. The van der Waals surface area contributed by atoms with Crippen molar-refractivity contribution in [2.45, 2.75) is 45.3 Å². The lowest BCUT2D eigenvalue weighted by molar-refractivity contribution is 0.0465.